The molecule has 1 atom stereocenters. The van der Waals surface area contributed by atoms with E-state index in [9.17, 15) is 4.39 Å². The average molecular weight is 247 g/mol. The summed E-state index contributed by atoms with van der Waals surface area (Å²) in [7, 11) is 0. The first kappa shape index (κ1) is 11.1. The van der Waals surface area contributed by atoms with E-state index in [1.165, 1.54) is 12.3 Å². The van der Waals surface area contributed by atoms with Crippen molar-refractivity contribution < 1.29 is 4.39 Å². The Kier molecular flexibility index (Phi) is 2.70. The van der Waals surface area contributed by atoms with Gasteiger partial charge in [-0.05, 0) is 18.6 Å². The number of rotatable bonds is 2. The summed E-state index contributed by atoms with van der Waals surface area (Å²) in [5, 5.41) is 7.67. The Hall–Kier alpha value is -1.98. The molecule has 1 aliphatic rings. The van der Waals surface area contributed by atoms with Gasteiger partial charge in [-0.1, -0.05) is 6.92 Å². The second kappa shape index (κ2) is 4.36. The molecule has 0 saturated heterocycles. The number of hydrogen-bond acceptors (Lipinski definition) is 4. The van der Waals surface area contributed by atoms with Crippen LogP contribution in [0.25, 0.3) is 0 Å². The first-order chi connectivity index (χ1) is 8.78. The Morgan fingerprint density at radius 2 is 2.39 bits per heavy atom. The van der Waals surface area contributed by atoms with Gasteiger partial charge in [0, 0.05) is 13.0 Å². The molecular formula is C12H14FN5. The molecule has 0 fully saturated rings. The third-order valence-electron chi connectivity index (χ3n) is 3.08. The Morgan fingerprint density at radius 3 is 3.11 bits per heavy atom. The molecule has 2 aromatic rings. The Labute approximate surface area is 104 Å². The minimum Gasteiger partial charge on any atom is -0.354 e. The van der Waals surface area contributed by atoms with Crippen molar-refractivity contribution in [2.24, 2.45) is 0 Å². The van der Waals surface area contributed by atoms with Crippen molar-refractivity contribution in [2.75, 3.05) is 11.9 Å². The lowest BCUT2D eigenvalue weighted by Gasteiger charge is -2.23. The average Bonchev–Trinajstić information content (AvgIpc) is 2.82. The minimum absolute atomic E-state index is 0.0367. The fourth-order valence-electron chi connectivity index (χ4n) is 2.16. The molecule has 1 unspecified atom stereocenters. The van der Waals surface area contributed by atoms with Crippen LogP contribution in [0.3, 0.4) is 0 Å². The number of aryl methyl sites for hydroxylation is 1. The van der Waals surface area contributed by atoms with E-state index in [0.717, 1.165) is 36.9 Å². The predicted molar refractivity (Wildman–Crippen MR) is 64.8 cm³/mol. The van der Waals surface area contributed by atoms with Crippen LogP contribution in [0.1, 0.15) is 30.9 Å². The van der Waals surface area contributed by atoms with E-state index >= 15 is 0 Å². The van der Waals surface area contributed by atoms with Gasteiger partial charge >= 0.3 is 0 Å². The largest absolute Gasteiger partial charge is 0.354 e. The van der Waals surface area contributed by atoms with Gasteiger partial charge in [-0.3, -0.25) is 4.98 Å². The summed E-state index contributed by atoms with van der Waals surface area (Å²) in [4.78, 5) is 8.55. The van der Waals surface area contributed by atoms with Crippen molar-refractivity contribution in [3.8, 4) is 0 Å². The van der Waals surface area contributed by atoms with Crippen LogP contribution in [-0.4, -0.2) is 26.3 Å². The van der Waals surface area contributed by atoms with Gasteiger partial charge in [0.05, 0.1) is 17.9 Å². The zero-order valence-electron chi connectivity index (χ0n) is 10.1. The quantitative estimate of drug-likeness (QED) is 0.878. The van der Waals surface area contributed by atoms with Crippen molar-refractivity contribution in [3.63, 3.8) is 0 Å². The number of hydrogen-bond donors (Lipinski definition) is 1. The van der Waals surface area contributed by atoms with Crippen LogP contribution in [-0.2, 0) is 6.42 Å². The molecule has 3 heterocycles. The molecule has 0 aliphatic carbocycles. The summed E-state index contributed by atoms with van der Waals surface area (Å²) in [5.41, 5.74) is 0.826. The van der Waals surface area contributed by atoms with Gasteiger partial charge in [0.15, 0.2) is 5.82 Å². The van der Waals surface area contributed by atoms with Crippen molar-refractivity contribution in [1.29, 1.82) is 0 Å². The monoisotopic (exact) mass is 247 g/mol. The van der Waals surface area contributed by atoms with Gasteiger partial charge < -0.3 is 5.32 Å². The summed E-state index contributed by atoms with van der Waals surface area (Å²) < 4.78 is 14.7. The number of nitrogens with one attached hydrogen (secondary N) is 1. The fourth-order valence-corrected chi connectivity index (χ4v) is 2.16. The molecule has 3 rings (SSSR count). The number of nitrogens with zero attached hydrogens (tertiary/aromatic N) is 4. The van der Waals surface area contributed by atoms with Gasteiger partial charge in [0.25, 0.3) is 0 Å². The maximum atomic E-state index is 12.9. The molecular weight excluding hydrogens is 233 g/mol. The van der Waals surface area contributed by atoms with Gasteiger partial charge in [-0.2, -0.15) is 10.1 Å². The van der Waals surface area contributed by atoms with Crippen molar-refractivity contribution in [1.82, 2.24) is 19.7 Å². The number of aromatic nitrogens is 4. The molecule has 18 heavy (non-hydrogen) atoms. The topological polar surface area (TPSA) is 55.6 Å². The third-order valence-corrected chi connectivity index (χ3v) is 3.08. The van der Waals surface area contributed by atoms with Crippen LogP contribution in [0.4, 0.5) is 10.3 Å². The number of halogens is 1. The van der Waals surface area contributed by atoms with Crippen molar-refractivity contribution in [2.45, 2.75) is 25.8 Å². The molecule has 5 nitrogen and oxygen atoms in total. The zero-order valence-corrected chi connectivity index (χ0v) is 10.1. The first-order valence-electron chi connectivity index (χ1n) is 6.08. The SMILES string of the molecule is CCc1nc2n(n1)C(c1ccc(F)cn1)CCN2. The maximum absolute atomic E-state index is 12.9. The summed E-state index contributed by atoms with van der Waals surface area (Å²) in [6.07, 6.45) is 2.91. The predicted octanol–water partition coefficient (Wildman–Crippen LogP) is 1.78. The lowest BCUT2D eigenvalue weighted by Crippen LogP contribution is -2.25. The van der Waals surface area contributed by atoms with E-state index in [1.807, 2.05) is 11.6 Å². The Morgan fingerprint density at radius 1 is 1.50 bits per heavy atom. The van der Waals surface area contributed by atoms with Gasteiger partial charge in [0.2, 0.25) is 5.95 Å². The highest BCUT2D eigenvalue weighted by molar-refractivity contribution is 5.31. The summed E-state index contributed by atoms with van der Waals surface area (Å²) in [6, 6.07) is 3.18. The van der Waals surface area contributed by atoms with Crippen LogP contribution in [0.2, 0.25) is 0 Å². The van der Waals surface area contributed by atoms with E-state index in [4.69, 9.17) is 0 Å². The van der Waals surface area contributed by atoms with E-state index < -0.39 is 0 Å². The Balaban J connectivity index is 2.00. The smallest absolute Gasteiger partial charge is 0.222 e. The van der Waals surface area contributed by atoms with E-state index in [1.54, 1.807) is 6.07 Å². The minimum atomic E-state index is -0.319. The van der Waals surface area contributed by atoms with Gasteiger partial charge in [-0.15, -0.1) is 0 Å². The van der Waals surface area contributed by atoms with Gasteiger partial charge in [-0.25, -0.2) is 9.07 Å². The van der Waals surface area contributed by atoms with E-state index in [2.05, 4.69) is 20.4 Å². The highest BCUT2D eigenvalue weighted by Gasteiger charge is 2.24. The molecule has 0 radical (unpaired) electrons. The molecule has 0 amide bonds. The molecule has 1 N–H and O–H groups in total. The second-order valence-electron chi connectivity index (χ2n) is 4.28. The first-order valence-corrected chi connectivity index (χ1v) is 6.08. The van der Waals surface area contributed by atoms with Crippen LogP contribution in [0.15, 0.2) is 18.3 Å². The normalized spacial score (nSPS) is 18.2. The second-order valence-corrected chi connectivity index (χ2v) is 4.28. The molecule has 0 saturated carbocycles. The molecule has 6 heteroatoms. The summed E-state index contributed by atoms with van der Waals surface area (Å²) in [6.45, 7) is 2.85. The molecule has 1 aliphatic heterocycles. The zero-order chi connectivity index (χ0) is 12.5. The van der Waals surface area contributed by atoms with Crippen LogP contribution >= 0.6 is 0 Å². The van der Waals surface area contributed by atoms with E-state index in [-0.39, 0.29) is 11.9 Å². The van der Waals surface area contributed by atoms with E-state index in [0.29, 0.717) is 0 Å². The van der Waals surface area contributed by atoms with Gasteiger partial charge in [0.1, 0.15) is 5.82 Å². The molecule has 94 valence electrons. The van der Waals surface area contributed by atoms with Crippen molar-refractivity contribution in [3.05, 3.63) is 35.7 Å². The third kappa shape index (κ3) is 1.83. The van der Waals surface area contributed by atoms with Crippen molar-refractivity contribution >= 4 is 5.95 Å². The highest BCUT2D eigenvalue weighted by atomic mass is 19.1. The molecule has 0 spiro atoms. The standard InChI is InChI=1S/C12H14FN5/c1-2-11-16-12-14-6-5-10(18(12)17-11)9-4-3-8(13)7-15-9/h3-4,7,10H,2,5-6H2,1H3,(H,14,16,17). The summed E-state index contributed by atoms with van der Waals surface area (Å²) >= 11 is 0. The molecule has 0 bridgehead atoms. The molecule has 0 aromatic carbocycles. The molecule has 2 aromatic heterocycles. The highest BCUT2D eigenvalue weighted by Crippen LogP contribution is 2.26. The number of fused-ring (bicyclic) bond motifs is 1. The Bertz CT molecular complexity index is 548. The fraction of sp³-hybridized carbons (Fsp3) is 0.417. The lowest BCUT2D eigenvalue weighted by atomic mass is 10.1. The summed E-state index contributed by atoms with van der Waals surface area (Å²) in [5.74, 6) is 1.27. The lowest BCUT2D eigenvalue weighted by molar-refractivity contribution is 0.465. The van der Waals surface area contributed by atoms with Crippen LogP contribution in [0.5, 0.6) is 0 Å². The van der Waals surface area contributed by atoms with Crippen LogP contribution in [0, 0.1) is 5.82 Å². The maximum Gasteiger partial charge on any atom is 0.222 e. The number of anilines is 1. The number of pyridine rings is 1. The van der Waals surface area contributed by atoms with Crippen LogP contribution < -0.4 is 5.32 Å².